The van der Waals surface area contributed by atoms with Gasteiger partial charge in [-0.05, 0) is 24.6 Å². The van der Waals surface area contributed by atoms with Gasteiger partial charge < -0.3 is 14.5 Å². The first-order valence-corrected chi connectivity index (χ1v) is 8.92. The summed E-state index contributed by atoms with van der Waals surface area (Å²) in [7, 11) is 0. The van der Waals surface area contributed by atoms with Gasteiger partial charge in [0.05, 0.1) is 17.2 Å². The average molecular weight is 379 g/mol. The first-order chi connectivity index (χ1) is 12.6. The fourth-order valence-electron chi connectivity index (χ4n) is 2.76. The van der Waals surface area contributed by atoms with Crippen LogP contribution < -0.4 is 9.64 Å². The smallest absolute Gasteiger partial charge is 0.258 e. The molecule has 6 nitrogen and oxygen atoms in total. The van der Waals surface area contributed by atoms with Crippen molar-refractivity contribution in [2.45, 2.75) is 13.3 Å². The Bertz CT molecular complexity index is 744. The molecule has 0 spiro atoms. The Morgan fingerprint density at radius 1 is 1.19 bits per heavy atom. The molecule has 2 aromatic rings. The van der Waals surface area contributed by atoms with Gasteiger partial charge in [0.15, 0.2) is 5.82 Å². The number of hydrogen-bond acceptors (Lipinski definition) is 5. The Hall–Kier alpha value is -2.41. The van der Waals surface area contributed by atoms with Crippen LogP contribution in [0, 0.1) is 5.82 Å². The molecule has 1 saturated heterocycles. The lowest BCUT2D eigenvalue weighted by Gasteiger charge is -2.35. The highest BCUT2D eigenvalue weighted by atomic mass is 35.5. The van der Waals surface area contributed by atoms with E-state index in [2.05, 4.69) is 10.2 Å². The minimum absolute atomic E-state index is 0.0696. The standard InChI is InChI=1S/C18H20ClFN4O2/c1-2-12-26-16-7-6-15(21-22-16)23-8-10-24(11-9-23)18(25)17-13(19)4-3-5-14(17)20/h3-7H,2,8-12H2,1H3. The first kappa shape index (κ1) is 18.4. The Kier molecular flexibility index (Phi) is 5.88. The normalized spacial score (nSPS) is 14.4. The summed E-state index contributed by atoms with van der Waals surface area (Å²) in [5.41, 5.74) is -0.0696. The SMILES string of the molecule is CCCOc1ccc(N2CCN(C(=O)c3c(F)cccc3Cl)CC2)nn1. The van der Waals surface area contributed by atoms with E-state index in [0.717, 1.165) is 12.2 Å². The van der Waals surface area contributed by atoms with Crippen molar-refractivity contribution in [3.8, 4) is 5.88 Å². The number of benzene rings is 1. The van der Waals surface area contributed by atoms with Crippen molar-refractivity contribution in [3.63, 3.8) is 0 Å². The third-order valence-corrected chi connectivity index (χ3v) is 4.46. The van der Waals surface area contributed by atoms with Gasteiger partial charge in [0.25, 0.3) is 5.91 Å². The number of nitrogens with zero attached hydrogens (tertiary/aromatic N) is 4. The number of amides is 1. The van der Waals surface area contributed by atoms with Crippen molar-refractivity contribution in [1.82, 2.24) is 15.1 Å². The molecule has 0 unspecified atom stereocenters. The molecule has 3 rings (SSSR count). The topological polar surface area (TPSA) is 58.6 Å². The second-order valence-corrected chi connectivity index (χ2v) is 6.36. The fraction of sp³-hybridized carbons (Fsp3) is 0.389. The zero-order valence-electron chi connectivity index (χ0n) is 14.5. The maximum absolute atomic E-state index is 14.0. The summed E-state index contributed by atoms with van der Waals surface area (Å²) in [6.07, 6.45) is 0.908. The molecule has 1 fully saturated rings. The molecule has 1 aromatic carbocycles. The lowest BCUT2D eigenvalue weighted by Crippen LogP contribution is -2.49. The van der Waals surface area contributed by atoms with Crippen molar-refractivity contribution < 1.29 is 13.9 Å². The van der Waals surface area contributed by atoms with E-state index in [1.165, 1.54) is 18.2 Å². The van der Waals surface area contributed by atoms with Gasteiger partial charge in [0, 0.05) is 32.2 Å². The van der Waals surface area contributed by atoms with Crippen LogP contribution in [0.2, 0.25) is 5.02 Å². The van der Waals surface area contributed by atoms with Crippen LogP contribution in [0.25, 0.3) is 0 Å². The highest BCUT2D eigenvalue weighted by Crippen LogP contribution is 2.22. The van der Waals surface area contributed by atoms with Gasteiger partial charge in [0.1, 0.15) is 5.82 Å². The monoisotopic (exact) mass is 378 g/mol. The number of hydrogen-bond donors (Lipinski definition) is 0. The van der Waals surface area contributed by atoms with Gasteiger partial charge >= 0.3 is 0 Å². The lowest BCUT2D eigenvalue weighted by atomic mass is 10.1. The minimum atomic E-state index is -0.599. The highest BCUT2D eigenvalue weighted by molar-refractivity contribution is 6.33. The minimum Gasteiger partial charge on any atom is -0.477 e. The summed E-state index contributed by atoms with van der Waals surface area (Å²) in [5.74, 6) is 0.240. The molecule has 1 amide bonds. The van der Waals surface area contributed by atoms with Crippen molar-refractivity contribution in [3.05, 3.63) is 46.7 Å². The third kappa shape index (κ3) is 4.04. The first-order valence-electron chi connectivity index (χ1n) is 8.55. The van der Waals surface area contributed by atoms with Gasteiger partial charge in [0.2, 0.25) is 5.88 Å². The molecule has 1 aromatic heterocycles. The summed E-state index contributed by atoms with van der Waals surface area (Å²) in [6.45, 7) is 4.71. The fourth-order valence-corrected chi connectivity index (χ4v) is 3.01. The zero-order chi connectivity index (χ0) is 18.5. The van der Waals surface area contributed by atoms with E-state index in [1.807, 2.05) is 17.9 Å². The van der Waals surface area contributed by atoms with Crippen molar-refractivity contribution in [2.75, 3.05) is 37.7 Å². The van der Waals surface area contributed by atoms with E-state index in [0.29, 0.717) is 38.7 Å². The molecule has 26 heavy (non-hydrogen) atoms. The predicted molar refractivity (Wildman–Crippen MR) is 97.3 cm³/mol. The highest BCUT2D eigenvalue weighted by Gasteiger charge is 2.26. The second-order valence-electron chi connectivity index (χ2n) is 5.95. The number of carbonyl (C=O) groups is 1. The molecule has 0 bridgehead atoms. The molecular formula is C18H20ClFN4O2. The molecule has 0 saturated carbocycles. The van der Waals surface area contributed by atoms with E-state index in [-0.39, 0.29) is 16.5 Å². The summed E-state index contributed by atoms with van der Waals surface area (Å²) in [5, 5.41) is 8.36. The summed E-state index contributed by atoms with van der Waals surface area (Å²) in [6, 6.07) is 7.88. The van der Waals surface area contributed by atoms with E-state index in [1.54, 1.807) is 11.0 Å². The van der Waals surface area contributed by atoms with Crippen LogP contribution in [-0.4, -0.2) is 53.8 Å². The third-order valence-electron chi connectivity index (χ3n) is 4.15. The van der Waals surface area contributed by atoms with E-state index in [4.69, 9.17) is 16.3 Å². The Balaban J connectivity index is 1.61. The largest absolute Gasteiger partial charge is 0.477 e. The quantitative estimate of drug-likeness (QED) is 0.800. The number of piperazine rings is 1. The molecule has 0 atom stereocenters. The van der Waals surface area contributed by atoms with Gasteiger partial charge in [-0.25, -0.2) is 4.39 Å². The van der Waals surface area contributed by atoms with E-state index in [9.17, 15) is 9.18 Å². The maximum Gasteiger partial charge on any atom is 0.258 e. The number of ether oxygens (including phenoxy) is 1. The van der Waals surface area contributed by atoms with Crippen LogP contribution in [0.1, 0.15) is 23.7 Å². The summed E-state index contributed by atoms with van der Waals surface area (Å²) < 4.78 is 19.4. The van der Waals surface area contributed by atoms with Crippen LogP contribution in [0.4, 0.5) is 10.2 Å². The summed E-state index contributed by atoms with van der Waals surface area (Å²) >= 11 is 5.99. The maximum atomic E-state index is 14.0. The van der Waals surface area contributed by atoms with Crippen LogP contribution in [0.15, 0.2) is 30.3 Å². The molecule has 0 aliphatic carbocycles. The molecule has 138 valence electrons. The number of rotatable bonds is 5. The number of aromatic nitrogens is 2. The zero-order valence-corrected chi connectivity index (χ0v) is 15.2. The van der Waals surface area contributed by atoms with E-state index < -0.39 is 5.82 Å². The molecule has 2 heterocycles. The van der Waals surface area contributed by atoms with Crippen molar-refractivity contribution in [2.24, 2.45) is 0 Å². The molecule has 1 aliphatic rings. The number of halogens is 2. The number of carbonyl (C=O) groups excluding carboxylic acids is 1. The van der Waals surface area contributed by atoms with Crippen LogP contribution in [0.3, 0.4) is 0 Å². The molecule has 8 heteroatoms. The number of anilines is 1. The van der Waals surface area contributed by atoms with Crippen LogP contribution >= 0.6 is 11.6 Å². The lowest BCUT2D eigenvalue weighted by molar-refractivity contribution is 0.0742. The van der Waals surface area contributed by atoms with Gasteiger partial charge in [-0.3, -0.25) is 4.79 Å². The van der Waals surface area contributed by atoms with Gasteiger partial charge in [-0.1, -0.05) is 24.6 Å². The van der Waals surface area contributed by atoms with Crippen LogP contribution in [0.5, 0.6) is 5.88 Å². The van der Waals surface area contributed by atoms with Crippen LogP contribution in [-0.2, 0) is 0 Å². The molecule has 0 radical (unpaired) electrons. The van der Waals surface area contributed by atoms with Gasteiger partial charge in [-0.2, -0.15) is 0 Å². The molecule has 1 aliphatic heterocycles. The summed E-state index contributed by atoms with van der Waals surface area (Å²) in [4.78, 5) is 16.2. The average Bonchev–Trinajstić information content (AvgIpc) is 2.67. The Morgan fingerprint density at radius 3 is 2.58 bits per heavy atom. The van der Waals surface area contributed by atoms with Gasteiger partial charge in [-0.15, -0.1) is 10.2 Å². The Morgan fingerprint density at radius 2 is 1.96 bits per heavy atom. The molecule has 0 N–H and O–H groups in total. The predicted octanol–water partition coefficient (Wildman–Crippen LogP) is 3.02. The Labute approximate surface area is 156 Å². The molecular weight excluding hydrogens is 359 g/mol. The van der Waals surface area contributed by atoms with Crippen molar-refractivity contribution in [1.29, 1.82) is 0 Å². The van der Waals surface area contributed by atoms with Crippen molar-refractivity contribution >= 4 is 23.3 Å². The van der Waals surface area contributed by atoms with E-state index >= 15 is 0 Å². The second kappa shape index (κ2) is 8.31.